The Balaban J connectivity index is 2.19. The van der Waals surface area contributed by atoms with Gasteiger partial charge in [-0.2, -0.15) is 0 Å². The summed E-state index contributed by atoms with van der Waals surface area (Å²) in [6.07, 6.45) is 0.999. The van der Waals surface area contributed by atoms with Crippen molar-refractivity contribution >= 4 is 15.9 Å². The number of rotatable bonds is 9. The van der Waals surface area contributed by atoms with Crippen LogP contribution in [0.1, 0.15) is 12.8 Å². The molecule has 1 saturated heterocycles. The molecule has 0 aromatic rings. The molecule has 0 aromatic carbocycles. The number of carbonyl (C=O) groups excluding carboxylic acids is 1. The van der Waals surface area contributed by atoms with E-state index in [4.69, 9.17) is 14.6 Å². The zero-order valence-electron chi connectivity index (χ0n) is 11.2. The first-order valence-corrected chi connectivity index (χ1v) is 7.99. The van der Waals surface area contributed by atoms with Gasteiger partial charge in [0.2, 0.25) is 15.9 Å². The molecule has 1 unspecified atom stereocenters. The fourth-order valence-electron chi connectivity index (χ4n) is 2.11. The van der Waals surface area contributed by atoms with Crippen LogP contribution in [0.2, 0.25) is 0 Å². The summed E-state index contributed by atoms with van der Waals surface area (Å²) in [6, 6.07) is 0. The second-order valence-corrected chi connectivity index (χ2v) is 6.36. The molecule has 8 heteroatoms. The molecule has 1 heterocycles. The molecule has 1 rings (SSSR count). The lowest BCUT2D eigenvalue weighted by Crippen LogP contribution is -2.29. The number of carbonyl (C=O) groups is 1. The molecule has 112 valence electrons. The summed E-state index contributed by atoms with van der Waals surface area (Å²) in [7, 11) is -1.90. The van der Waals surface area contributed by atoms with Crippen LogP contribution >= 0.6 is 0 Å². The van der Waals surface area contributed by atoms with Crippen LogP contribution in [0.15, 0.2) is 0 Å². The van der Waals surface area contributed by atoms with E-state index >= 15 is 0 Å². The van der Waals surface area contributed by atoms with E-state index in [0.717, 1.165) is 6.42 Å². The number of primary sulfonamides is 1. The van der Waals surface area contributed by atoms with Crippen LogP contribution in [0.3, 0.4) is 0 Å². The highest BCUT2D eigenvalue weighted by Gasteiger charge is 2.31. The van der Waals surface area contributed by atoms with Crippen LogP contribution in [0, 0.1) is 5.92 Å². The third-order valence-corrected chi connectivity index (χ3v) is 3.85. The zero-order chi connectivity index (χ0) is 14.3. The Labute approximate surface area is 114 Å². The predicted molar refractivity (Wildman–Crippen MR) is 70.0 cm³/mol. The molecule has 0 saturated carbocycles. The number of sulfonamides is 1. The quantitative estimate of drug-likeness (QED) is 0.560. The van der Waals surface area contributed by atoms with Gasteiger partial charge in [0, 0.05) is 39.1 Å². The Kier molecular flexibility index (Phi) is 6.70. The summed E-state index contributed by atoms with van der Waals surface area (Å²) in [4.78, 5) is 13.3. The predicted octanol–water partition coefficient (Wildman–Crippen LogP) is -0.823. The molecule has 0 aromatic heterocycles. The first-order valence-electron chi connectivity index (χ1n) is 6.27. The normalized spacial score (nSPS) is 20.2. The monoisotopic (exact) mass is 294 g/mol. The topological polar surface area (TPSA) is 98.9 Å². The van der Waals surface area contributed by atoms with Gasteiger partial charge in [0.1, 0.15) is 0 Å². The SMILES string of the molecule is COCCOCCCN1CC(CS(N)(=O)=O)CC1=O. The highest BCUT2D eigenvalue weighted by atomic mass is 32.2. The van der Waals surface area contributed by atoms with Crippen LogP contribution in [-0.2, 0) is 24.3 Å². The Morgan fingerprint density at radius 2 is 2.11 bits per heavy atom. The average molecular weight is 294 g/mol. The molecule has 1 aliphatic heterocycles. The molecule has 2 N–H and O–H groups in total. The maximum Gasteiger partial charge on any atom is 0.222 e. The zero-order valence-corrected chi connectivity index (χ0v) is 12.0. The van der Waals surface area contributed by atoms with Gasteiger partial charge in [0.15, 0.2) is 0 Å². The van der Waals surface area contributed by atoms with Gasteiger partial charge in [-0.25, -0.2) is 13.6 Å². The summed E-state index contributed by atoms with van der Waals surface area (Å²) in [5, 5.41) is 4.98. The van der Waals surface area contributed by atoms with Crippen LogP contribution in [0.5, 0.6) is 0 Å². The minimum Gasteiger partial charge on any atom is -0.382 e. The van der Waals surface area contributed by atoms with Crippen LogP contribution in [0.4, 0.5) is 0 Å². The maximum absolute atomic E-state index is 11.7. The van der Waals surface area contributed by atoms with E-state index in [2.05, 4.69) is 0 Å². The number of amides is 1. The molecule has 1 atom stereocenters. The van der Waals surface area contributed by atoms with Crippen molar-refractivity contribution < 1.29 is 22.7 Å². The van der Waals surface area contributed by atoms with Gasteiger partial charge in [0.05, 0.1) is 19.0 Å². The lowest BCUT2D eigenvalue weighted by molar-refractivity contribution is -0.127. The number of hydrogen-bond acceptors (Lipinski definition) is 5. The van der Waals surface area contributed by atoms with Gasteiger partial charge in [-0.15, -0.1) is 0 Å². The number of hydrogen-bond donors (Lipinski definition) is 1. The minimum atomic E-state index is -3.51. The van der Waals surface area contributed by atoms with Gasteiger partial charge in [0.25, 0.3) is 0 Å². The standard InChI is InChI=1S/C11H22N2O5S/c1-17-5-6-18-4-2-3-13-8-10(7-11(13)14)9-19(12,15)16/h10H,2-9H2,1H3,(H2,12,15,16). The third kappa shape index (κ3) is 6.86. The van der Waals surface area contributed by atoms with Crippen molar-refractivity contribution in [1.29, 1.82) is 0 Å². The smallest absolute Gasteiger partial charge is 0.222 e. The van der Waals surface area contributed by atoms with E-state index in [1.54, 1.807) is 12.0 Å². The first-order chi connectivity index (χ1) is 8.92. The van der Waals surface area contributed by atoms with Crippen LogP contribution in [-0.4, -0.2) is 65.0 Å². The lowest BCUT2D eigenvalue weighted by Gasteiger charge is -2.16. The molecule has 1 fully saturated rings. The molecule has 7 nitrogen and oxygen atoms in total. The van der Waals surface area contributed by atoms with Gasteiger partial charge < -0.3 is 14.4 Å². The summed E-state index contributed by atoms with van der Waals surface area (Å²) in [5.74, 6) is -0.318. The van der Waals surface area contributed by atoms with Crippen molar-refractivity contribution in [2.45, 2.75) is 12.8 Å². The fraction of sp³-hybridized carbons (Fsp3) is 0.909. The number of nitrogens with two attached hydrogens (primary N) is 1. The molecule has 1 aliphatic rings. The van der Waals surface area contributed by atoms with Gasteiger partial charge >= 0.3 is 0 Å². The summed E-state index contributed by atoms with van der Waals surface area (Å²) >= 11 is 0. The molecule has 0 bridgehead atoms. The van der Waals surface area contributed by atoms with E-state index in [1.165, 1.54) is 0 Å². The molecule has 19 heavy (non-hydrogen) atoms. The number of nitrogens with zero attached hydrogens (tertiary/aromatic N) is 1. The fourth-order valence-corrected chi connectivity index (χ4v) is 2.99. The number of likely N-dealkylation sites (tertiary alicyclic amines) is 1. The van der Waals surface area contributed by atoms with Crippen molar-refractivity contribution in [3.05, 3.63) is 0 Å². The largest absolute Gasteiger partial charge is 0.382 e. The summed E-state index contributed by atoms with van der Waals surface area (Å²) in [6.45, 7) is 2.71. The Morgan fingerprint density at radius 3 is 2.74 bits per heavy atom. The summed E-state index contributed by atoms with van der Waals surface area (Å²) < 4.78 is 32.1. The van der Waals surface area contributed by atoms with E-state index < -0.39 is 10.0 Å². The molecular weight excluding hydrogens is 272 g/mol. The van der Waals surface area contributed by atoms with Crippen LogP contribution in [0.25, 0.3) is 0 Å². The number of ether oxygens (including phenoxy) is 2. The minimum absolute atomic E-state index is 0.00876. The van der Waals surface area contributed by atoms with Crippen molar-refractivity contribution in [2.75, 3.05) is 45.8 Å². The first kappa shape index (κ1) is 16.4. The molecule has 0 spiro atoms. The third-order valence-electron chi connectivity index (χ3n) is 2.91. The highest BCUT2D eigenvalue weighted by Crippen LogP contribution is 2.18. The van der Waals surface area contributed by atoms with E-state index in [-0.39, 0.29) is 24.0 Å². The van der Waals surface area contributed by atoms with Gasteiger partial charge in [-0.1, -0.05) is 0 Å². The second kappa shape index (κ2) is 7.78. The molecule has 0 aliphatic carbocycles. The van der Waals surface area contributed by atoms with E-state index in [0.29, 0.717) is 32.9 Å². The maximum atomic E-state index is 11.7. The lowest BCUT2D eigenvalue weighted by atomic mass is 10.1. The van der Waals surface area contributed by atoms with E-state index in [9.17, 15) is 13.2 Å². The molecule has 0 radical (unpaired) electrons. The Morgan fingerprint density at radius 1 is 1.37 bits per heavy atom. The van der Waals surface area contributed by atoms with Crippen molar-refractivity contribution in [3.8, 4) is 0 Å². The molecule has 1 amide bonds. The summed E-state index contributed by atoms with van der Waals surface area (Å²) in [5.41, 5.74) is 0. The Hall–Kier alpha value is -0.700. The van der Waals surface area contributed by atoms with Crippen LogP contribution < -0.4 is 5.14 Å². The number of methoxy groups -OCH3 is 1. The van der Waals surface area contributed by atoms with E-state index in [1.807, 2.05) is 0 Å². The van der Waals surface area contributed by atoms with Gasteiger partial charge in [-0.3, -0.25) is 4.79 Å². The van der Waals surface area contributed by atoms with Crippen molar-refractivity contribution in [3.63, 3.8) is 0 Å². The van der Waals surface area contributed by atoms with Crippen molar-refractivity contribution in [2.24, 2.45) is 11.1 Å². The average Bonchev–Trinajstić information content (AvgIpc) is 2.61. The van der Waals surface area contributed by atoms with Gasteiger partial charge in [-0.05, 0) is 6.42 Å². The van der Waals surface area contributed by atoms with Crippen molar-refractivity contribution in [1.82, 2.24) is 4.90 Å². The Bertz CT molecular complexity index is 385. The molecular formula is C11H22N2O5S. The second-order valence-electron chi connectivity index (χ2n) is 4.70. The highest BCUT2D eigenvalue weighted by molar-refractivity contribution is 7.89.